The minimum absolute atomic E-state index is 0.377. The molecule has 0 aliphatic carbocycles. The van der Waals surface area contributed by atoms with Crippen molar-refractivity contribution in [3.8, 4) is 0 Å². The minimum Gasteiger partial charge on any atom is -0.366 e. The van der Waals surface area contributed by atoms with Crippen LogP contribution >= 0.6 is 0 Å². The van der Waals surface area contributed by atoms with Crippen LogP contribution in [0.5, 0.6) is 0 Å². The first kappa shape index (κ1) is 6.87. The lowest BCUT2D eigenvalue weighted by Crippen LogP contribution is -2.21. The number of rotatable bonds is 1. The van der Waals surface area contributed by atoms with Crippen molar-refractivity contribution in [2.45, 2.75) is 0 Å². The van der Waals surface area contributed by atoms with Gasteiger partial charge < -0.3 is 5.73 Å². The molecular weight excluding hydrogens is 125 g/mol. The van der Waals surface area contributed by atoms with Gasteiger partial charge in [0.15, 0.2) is 0 Å². The molecule has 0 aliphatic rings. The molecule has 2 N–H and O–H groups in total. The third kappa shape index (κ3) is 1.18. The van der Waals surface area contributed by atoms with Crippen molar-refractivity contribution in [2.24, 2.45) is 5.73 Å². The van der Waals surface area contributed by atoms with E-state index in [4.69, 9.17) is 13.6 Å². The largest absolute Gasteiger partial charge is 0.366 e. The van der Waals surface area contributed by atoms with E-state index < -0.39 is 5.91 Å². The van der Waals surface area contributed by atoms with E-state index in [1.54, 1.807) is 24.3 Å². The van der Waals surface area contributed by atoms with Crippen molar-refractivity contribution in [2.75, 3.05) is 0 Å². The number of carbonyl (C=O) groups excluding carboxylic acids is 1. The van der Waals surface area contributed by atoms with E-state index in [2.05, 4.69) is 0 Å². The van der Waals surface area contributed by atoms with Crippen LogP contribution in [-0.2, 0) is 0 Å². The maximum absolute atomic E-state index is 10.6. The highest BCUT2D eigenvalue weighted by Crippen LogP contribution is 1.91. The molecule has 2 nitrogen and oxygen atoms in total. The molecule has 48 valence electrons. The zero-order valence-electron chi connectivity index (χ0n) is 5.37. The molecule has 0 heterocycles. The summed E-state index contributed by atoms with van der Waals surface area (Å²) in [4.78, 5) is 10.6. The predicted octanol–water partition coefficient (Wildman–Crippen LogP) is -0.421. The van der Waals surface area contributed by atoms with Crippen LogP contribution in [0, 0.1) is 0 Å². The van der Waals surface area contributed by atoms with Crippen LogP contribution in [0.2, 0.25) is 0 Å². The fraction of sp³-hybridized carbons (Fsp3) is 0. The van der Waals surface area contributed by atoms with Gasteiger partial charge in [0.1, 0.15) is 7.85 Å². The summed E-state index contributed by atoms with van der Waals surface area (Å²) in [6.45, 7) is 0. The van der Waals surface area contributed by atoms with Gasteiger partial charge >= 0.3 is 0 Å². The summed E-state index contributed by atoms with van der Waals surface area (Å²) < 4.78 is 0. The van der Waals surface area contributed by atoms with Crippen LogP contribution < -0.4 is 11.2 Å². The molecule has 0 atom stereocenters. The number of hydrogen-bond acceptors (Lipinski definition) is 1. The number of hydrogen-bond donors (Lipinski definition) is 1. The van der Waals surface area contributed by atoms with Gasteiger partial charge in [0, 0.05) is 5.56 Å². The Hall–Kier alpha value is -1.25. The molecule has 3 heteroatoms. The fourth-order valence-corrected chi connectivity index (χ4v) is 0.721. The minimum atomic E-state index is -0.488. The topological polar surface area (TPSA) is 43.1 Å². The number of nitrogens with two attached hydrogens (primary N) is 1. The van der Waals surface area contributed by atoms with Crippen LogP contribution in [0.1, 0.15) is 10.4 Å². The van der Waals surface area contributed by atoms with Crippen molar-refractivity contribution in [3.63, 3.8) is 0 Å². The summed E-state index contributed by atoms with van der Waals surface area (Å²) in [6.07, 6.45) is 0. The van der Waals surface area contributed by atoms with Gasteiger partial charge in [-0.25, -0.2) is 0 Å². The summed E-state index contributed by atoms with van der Waals surface area (Å²) >= 11 is 0. The zero-order valence-corrected chi connectivity index (χ0v) is 5.37. The number of primary amides is 1. The Morgan fingerprint density at radius 3 is 2.40 bits per heavy atom. The highest BCUT2D eigenvalue weighted by molar-refractivity contribution is 6.36. The van der Waals surface area contributed by atoms with Crippen LogP contribution in [-0.4, -0.2) is 13.8 Å². The molecule has 0 saturated heterocycles. The van der Waals surface area contributed by atoms with E-state index in [9.17, 15) is 4.79 Å². The normalized spacial score (nSPS) is 9.20. The first-order valence-electron chi connectivity index (χ1n) is 2.86. The highest BCUT2D eigenvalue weighted by atomic mass is 16.1. The fourth-order valence-electron chi connectivity index (χ4n) is 0.721. The first-order valence-corrected chi connectivity index (χ1v) is 2.86. The molecular formula is C7H6BNO. The lowest BCUT2D eigenvalue weighted by Gasteiger charge is -1.97. The summed E-state index contributed by atoms with van der Waals surface area (Å²) in [5.74, 6) is -0.488. The molecule has 0 saturated carbocycles. The molecule has 1 amide bonds. The number of benzene rings is 1. The average Bonchev–Trinajstić information content (AvgIpc) is 1.88. The Labute approximate surface area is 60.4 Å². The Kier molecular flexibility index (Phi) is 1.76. The van der Waals surface area contributed by atoms with Gasteiger partial charge in [-0.1, -0.05) is 29.7 Å². The van der Waals surface area contributed by atoms with E-state index in [1.165, 1.54) is 0 Å². The van der Waals surface area contributed by atoms with Gasteiger partial charge in [0.05, 0.1) is 0 Å². The third-order valence-electron chi connectivity index (χ3n) is 1.23. The van der Waals surface area contributed by atoms with Crippen LogP contribution in [0.4, 0.5) is 0 Å². The molecule has 0 fully saturated rings. The highest BCUT2D eigenvalue weighted by Gasteiger charge is 2.00. The molecule has 0 aliphatic heterocycles. The average molecular weight is 131 g/mol. The van der Waals surface area contributed by atoms with Crippen LogP contribution in [0.25, 0.3) is 0 Å². The van der Waals surface area contributed by atoms with E-state index in [-0.39, 0.29) is 0 Å². The second-order valence-corrected chi connectivity index (χ2v) is 1.95. The monoisotopic (exact) mass is 131 g/mol. The van der Waals surface area contributed by atoms with E-state index in [0.717, 1.165) is 0 Å². The molecule has 1 aromatic rings. The lowest BCUT2D eigenvalue weighted by atomic mass is 9.90. The quantitative estimate of drug-likeness (QED) is 0.516. The SMILES string of the molecule is [B]c1ccccc1C(N)=O. The van der Waals surface area contributed by atoms with Gasteiger partial charge in [0.25, 0.3) is 0 Å². The Morgan fingerprint density at radius 1 is 1.40 bits per heavy atom. The summed E-state index contributed by atoms with van der Waals surface area (Å²) in [5.41, 5.74) is 5.80. The second-order valence-electron chi connectivity index (χ2n) is 1.95. The van der Waals surface area contributed by atoms with Gasteiger partial charge in [-0.05, 0) is 0 Å². The zero-order chi connectivity index (χ0) is 7.56. The molecule has 10 heavy (non-hydrogen) atoms. The van der Waals surface area contributed by atoms with Crippen molar-refractivity contribution in [1.82, 2.24) is 0 Å². The maximum atomic E-state index is 10.6. The molecule has 0 unspecified atom stereocenters. The van der Waals surface area contributed by atoms with Gasteiger partial charge in [-0.15, -0.1) is 0 Å². The maximum Gasteiger partial charge on any atom is 0.248 e. The summed E-state index contributed by atoms with van der Waals surface area (Å²) in [7, 11) is 5.42. The van der Waals surface area contributed by atoms with E-state index in [1.807, 2.05) is 0 Å². The molecule has 1 rings (SSSR count). The Balaban J connectivity index is 3.15. The first-order chi connectivity index (χ1) is 4.72. The molecule has 0 bridgehead atoms. The standard InChI is InChI=1S/C7H6BNO/c8-6-4-2-1-3-5(6)7(9)10/h1-4H,(H2,9,10). The third-order valence-corrected chi connectivity index (χ3v) is 1.23. The lowest BCUT2D eigenvalue weighted by molar-refractivity contribution is 0.100. The van der Waals surface area contributed by atoms with Crippen molar-refractivity contribution in [1.29, 1.82) is 0 Å². The Bertz CT molecular complexity index is 260. The van der Waals surface area contributed by atoms with Crippen LogP contribution in [0.3, 0.4) is 0 Å². The number of carbonyl (C=O) groups is 1. The smallest absolute Gasteiger partial charge is 0.248 e. The molecule has 1 aromatic carbocycles. The summed E-state index contributed by atoms with van der Waals surface area (Å²) in [6, 6.07) is 6.70. The Morgan fingerprint density at radius 2 is 2.00 bits per heavy atom. The van der Waals surface area contributed by atoms with E-state index >= 15 is 0 Å². The van der Waals surface area contributed by atoms with Crippen LogP contribution in [0.15, 0.2) is 24.3 Å². The van der Waals surface area contributed by atoms with E-state index in [0.29, 0.717) is 11.0 Å². The van der Waals surface area contributed by atoms with Crippen molar-refractivity contribution < 1.29 is 4.79 Å². The number of amides is 1. The molecule has 0 aromatic heterocycles. The van der Waals surface area contributed by atoms with Crippen molar-refractivity contribution >= 4 is 19.2 Å². The van der Waals surface area contributed by atoms with Gasteiger partial charge in [0.2, 0.25) is 5.91 Å². The molecule has 0 spiro atoms. The van der Waals surface area contributed by atoms with Gasteiger partial charge in [-0.3, -0.25) is 4.79 Å². The predicted molar refractivity (Wildman–Crippen MR) is 40.3 cm³/mol. The summed E-state index contributed by atoms with van der Waals surface area (Å²) in [5, 5.41) is 0. The van der Waals surface area contributed by atoms with Gasteiger partial charge in [-0.2, -0.15) is 0 Å². The molecule has 2 radical (unpaired) electrons. The van der Waals surface area contributed by atoms with Crippen molar-refractivity contribution in [3.05, 3.63) is 29.8 Å². The second kappa shape index (κ2) is 2.56.